The molecular weight excluding hydrogens is 636 g/mol. The van der Waals surface area contributed by atoms with Crippen LogP contribution in [0.4, 0.5) is 0 Å². The first-order valence-corrected chi connectivity index (χ1v) is 16.8. The second-order valence-corrected chi connectivity index (χ2v) is 13.0. The normalized spacial score (nSPS) is 14.7. The summed E-state index contributed by atoms with van der Waals surface area (Å²) in [5.74, 6) is 0.0897. The Morgan fingerprint density at radius 1 is 0.978 bits per heavy atom. The van der Waals surface area contributed by atoms with Gasteiger partial charge >= 0.3 is 5.97 Å². The minimum Gasteiger partial charge on any atom is -0.488 e. The highest BCUT2D eigenvalue weighted by Crippen LogP contribution is 2.37. The Morgan fingerprint density at radius 2 is 1.78 bits per heavy atom. The zero-order valence-corrected chi connectivity index (χ0v) is 27.1. The minimum atomic E-state index is -0.700. The molecule has 0 saturated heterocycles. The molecule has 6 aromatic rings. The molecule has 1 aliphatic rings. The number of carbonyl (C=O) groups excluding carboxylic acids is 1. The molecule has 6 nitrogen and oxygen atoms in total. The van der Waals surface area contributed by atoms with Gasteiger partial charge in [0.1, 0.15) is 18.4 Å². The zero-order chi connectivity index (χ0) is 31.6. The fourth-order valence-corrected chi connectivity index (χ4v) is 7.63. The Balaban J connectivity index is 1.36. The van der Waals surface area contributed by atoms with Gasteiger partial charge in [-0.1, -0.05) is 102 Å². The van der Waals surface area contributed by atoms with Gasteiger partial charge in [-0.05, 0) is 59.0 Å². The maximum atomic E-state index is 14.3. The zero-order valence-electron chi connectivity index (χ0n) is 24.7. The maximum Gasteiger partial charge on any atom is 0.338 e. The highest BCUT2D eigenvalue weighted by atomic mass is 35.5. The van der Waals surface area contributed by atoms with Gasteiger partial charge in [-0.2, -0.15) is 0 Å². The number of fused-ring (bicyclic) bond motifs is 2. The first-order valence-electron chi connectivity index (χ1n) is 14.7. The van der Waals surface area contributed by atoms with Crippen molar-refractivity contribution in [3.05, 3.63) is 160 Å². The topological polar surface area (TPSA) is 69.9 Å². The van der Waals surface area contributed by atoms with Crippen molar-refractivity contribution in [2.75, 3.05) is 6.61 Å². The van der Waals surface area contributed by atoms with Crippen LogP contribution in [0.3, 0.4) is 0 Å². The van der Waals surface area contributed by atoms with Gasteiger partial charge < -0.3 is 9.47 Å². The number of rotatable bonds is 8. The van der Waals surface area contributed by atoms with Crippen molar-refractivity contribution < 1.29 is 14.3 Å². The molecule has 3 heterocycles. The average Bonchev–Trinajstić information content (AvgIpc) is 3.72. The number of nitrogens with zero attached hydrogens (tertiary/aromatic N) is 2. The number of thiazole rings is 1. The second kappa shape index (κ2) is 12.9. The van der Waals surface area contributed by atoms with Crippen LogP contribution in [0, 0.1) is 0 Å². The summed E-state index contributed by atoms with van der Waals surface area (Å²) < 4.78 is 13.9. The molecule has 0 unspecified atom stereocenters. The number of thiophene rings is 1. The molecule has 0 spiro atoms. The summed E-state index contributed by atoms with van der Waals surface area (Å²) >= 11 is 9.19. The van der Waals surface area contributed by atoms with Crippen LogP contribution >= 0.6 is 34.3 Å². The Hall–Kier alpha value is -4.76. The highest BCUT2D eigenvalue weighted by molar-refractivity contribution is 7.10. The lowest BCUT2D eigenvalue weighted by atomic mass is 9.97. The van der Waals surface area contributed by atoms with E-state index < -0.39 is 12.0 Å². The molecule has 2 aromatic heterocycles. The quantitative estimate of drug-likeness (QED) is 0.160. The summed E-state index contributed by atoms with van der Waals surface area (Å²) in [6.45, 7) is 2.30. The van der Waals surface area contributed by atoms with Crippen molar-refractivity contribution in [3.63, 3.8) is 0 Å². The maximum absolute atomic E-state index is 14.3. The molecule has 0 N–H and O–H groups in total. The molecule has 0 fully saturated rings. The Kier molecular flexibility index (Phi) is 8.41. The van der Waals surface area contributed by atoms with Crippen molar-refractivity contribution in [1.29, 1.82) is 0 Å². The molecule has 9 heteroatoms. The van der Waals surface area contributed by atoms with Crippen LogP contribution in [0.15, 0.2) is 124 Å². The Bertz CT molecular complexity index is 2280. The third kappa shape index (κ3) is 5.71. The largest absolute Gasteiger partial charge is 0.488 e. The van der Waals surface area contributed by atoms with Crippen molar-refractivity contribution >= 4 is 62.8 Å². The smallest absolute Gasteiger partial charge is 0.338 e. The SMILES string of the molecule is CCOC(=O)C1=C(c2ccccc2)N=c2s/c(=C\c3cc(Cl)ccc3OCc3cccc4ccccc34)c(=O)n2[C@H]1c1cccs1. The van der Waals surface area contributed by atoms with Gasteiger partial charge in [-0.25, -0.2) is 9.79 Å². The van der Waals surface area contributed by atoms with E-state index in [1.54, 1.807) is 29.7 Å². The molecular formula is C37H27ClN2O4S2. The molecule has 0 aliphatic carbocycles. The molecule has 228 valence electrons. The van der Waals surface area contributed by atoms with Crippen molar-refractivity contribution in [1.82, 2.24) is 4.57 Å². The van der Waals surface area contributed by atoms with Gasteiger partial charge in [0.25, 0.3) is 5.56 Å². The fraction of sp³-hybridized carbons (Fsp3) is 0.108. The van der Waals surface area contributed by atoms with Crippen molar-refractivity contribution in [2.45, 2.75) is 19.6 Å². The van der Waals surface area contributed by atoms with Crippen LogP contribution in [0.2, 0.25) is 5.02 Å². The van der Waals surface area contributed by atoms with E-state index >= 15 is 0 Å². The van der Waals surface area contributed by atoms with Gasteiger partial charge in [0, 0.05) is 21.0 Å². The molecule has 0 amide bonds. The van der Waals surface area contributed by atoms with E-state index in [2.05, 4.69) is 18.2 Å². The summed E-state index contributed by atoms with van der Waals surface area (Å²) in [5, 5.41) is 4.71. The monoisotopic (exact) mass is 662 g/mol. The number of aromatic nitrogens is 1. The number of halogens is 1. The number of esters is 1. The van der Waals surface area contributed by atoms with Gasteiger partial charge in [0.2, 0.25) is 0 Å². The molecule has 46 heavy (non-hydrogen) atoms. The Labute approximate surface area is 277 Å². The van der Waals surface area contributed by atoms with Crippen LogP contribution in [0.5, 0.6) is 5.75 Å². The third-order valence-corrected chi connectivity index (χ3v) is 9.85. The second-order valence-electron chi connectivity index (χ2n) is 10.6. The van der Waals surface area contributed by atoms with Crippen LogP contribution < -0.4 is 19.6 Å². The minimum absolute atomic E-state index is 0.197. The Morgan fingerprint density at radius 3 is 2.59 bits per heavy atom. The number of ether oxygens (including phenoxy) is 2. The van der Waals surface area contributed by atoms with Crippen LogP contribution in [-0.2, 0) is 16.1 Å². The van der Waals surface area contributed by atoms with E-state index in [1.807, 2.05) is 78.2 Å². The van der Waals surface area contributed by atoms with Gasteiger partial charge in [0.15, 0.2) is 4.80 Å². The van der Waals surface area contributed by atoms with E-state index in [0.29, 0.717) is 43.5 Å². The van der Waals surface area contributed by atoms with Crippen LogP contribution in [-0.4, -0.2) is 17.1 Å². The summed E-state index contributed by atoms with van der Waals surface area (Å²) in [6.07, 6.45) is 1.79. The lowest BCUT2D eigenvalue weighted by molar-refractivity contribution is -0.138. The van der Waals surface area contributed by atoms with E-state index in [4.69, 9.17) is 26.1 Å². The van der Waals surface area contributed by atoms with E-state index in [0.717, 1.165) is 26.8 Å². The summed E-state index contributed by atoms with van der Waals surface area (Å²) in [6, 6.07) is 32.4. The van der Waals surface area contributed by atoms with Gasteiger partial charge in [-0.3, -0.25) is 9.36 Å². The van der Waals surface area contributed by atoms with Crippen molar-refractivity contribution in [3.8, 4) is 5.75 Å². The van der Waals surface area contributed by atoms with E-state index in [1.165, 1.54) is 22.7 Å². The van der Waals surface area contributed by atoms with Crippen molar-refractivity contribution in [2.24, 2.45) is 4.99 Å². The van der Waals surface area contributed by atoms with Crippen LogP contribution in [0.25, 0.3) is 22.5 Å². The molecule has 0 bridgehead atoms. The molecule has 7 rings (SSSR count). The van der Waals surface area contributed by atoms with Gasteiger partial charge in [0.05, 0.1) is 22.4 Å². The van der Waals surface area contributed by atoms with E-state index in [-0.39, 0.29) is 12.2 Å². The summed E-state index contributed by atoms with van der Waals surface area (Å²) in [5.41, 5.74) is 3.04. The molecule has 4 aromatic carbocycles. The lowest BCUT2D eigenvalue weighted by Crippen LogP contribution is -2.39. The predicted molar refractivity (Wildman–Crippen MR) is 185 cm³/mol. The predicted octanol–water partition coefficient (Wildman–Crippen LogP) is 7.38. The first-order chi connectivity index (χ1) is 22.5. The molecule has 0 radical (unpaired) electrons. The van der Waals surface area contributed by atoms with E-state index in [9.17, 15) is 9.59 Å². The number of carbonyl (C=O) groups is 1. The summed E-state index contributed by atoms with van der Waals surface area (Å²) in [7, 11) is 0. The number of hydrogen-bond acceptors (Lipinski definition) is 7. The standard InChI is InChI=1S/C37H27ClN2O4S2/c1-2-43-36(42)32-33(24-11-4-3-5-12-24)39-37-40(34(32)30-16-9-19-45-30)35(41)31(46-37)21-26-20-27(38)17-18-29(26)44-22-25-14-8-13-23-10-6-7-15-28(23)25/h3-21,34H,2,22H2,1H3/b31-21-/t34-/m0/s1. The number of benzene rings is 4. The fourth-order valence-electron chi connectivity index (χ4n) is 5.64. The highest BCUT2D eigenvalue weighted by Gasteiger charge is 2.35. The molecule has 1 atom stereocenters. The summed E-state index contributed by atoms with van der Waals surface area (Å²) in [4.78, 5) is 34.1. The lowest BCUT2D eigenvalue weighted by Gasteiger charge is -2.24. The van der Waals surface area contributed by atoms with Gasteiger partial charge in [-0.15, -0.1) is 11.3 Å². The van der Waals surface area contributed by atoms with Crippen LogP contribution in [0.1, 0.15) is 34.5 Å². The third-order valence-electron chi connectivity index (χ3n) is 7.71. The molecule has 1 aliphatic heterocycles. The molecule has 0 saturated carbocycles. The number of hydrogen-bond donors (Lipinski definition) is 0. The first kappa shape index (κ1) is 29.9. The average molecular weight is 663 g/mol.